The minimum Gasteiger partial charge on any atom is -0.399 e. The van der Waals surface area contributed by atoms with Gasteiger partial charge in [-0.1, -0.05) is 11.6 Å². The van der Waals surface area contributed by atoms with Crippen LogP contribution in [-0.2, 0) is 0 Å². The minimum absolute atomic E-state index is 0.642. The van der Waals surface area contributed by atoms with E-state index in [0.29, 0.717) is 6.04 Å². The van der Waals surface area contributed by atoms with Crippen molar-refractivity contribution >= 4 is 29.1 Å². The molecular formula is C11H15ClN2S. The minimum atomic E-state index is 0.642. The lowest BCUT2D eigenvalue weighted by Gasteiger charge is -2.10. The van der Waals surface area contributed by atoms with Crippen LogP contribution in [0, 0.1) is 0 Å². The Balaban J connectivity index is 1.92. The SMILES string of the molecule is Nc1ccc(SCC2CCCN2)c(Cl)c1. The third-order valence-corrected chi connectivity index (χ3v) is 4.22. The molecule has 15 heavy (non-hydrogen) atoms. The molecule has 1 saturated heterocycles. The quantitative estimate of drug-likeness (QED) is 0.632. The van der Waals surface area contributed by atoms with Crippen LogP contribution in [-0.4, -0.2) is 18.3 Å². The maximum atomic E-state index is 6.09. The Labute approximate surface area is 99.6 Å². The molecule has 1 aliphatic rings. The zero-order chi connectivity index (χ0) is 10.7. The molecule has 2 nitrogen and oxygen atoms in total. The lowest BCUT2D eigenvalue weighted by molar-refractivity contribution is 0.674. The van der Waals surface area contributed by atoms with Gasteiger partial charge >= 0.3 is 0 Å². The van der Waals surface area contributed by atoms with E-state index in [1.54, 1.807) is 11.8 Å². The van der Waals surface area contributed by atoms with Gasteiger partial charge in [0, 0.05) is 22.4 Å². The Morgan fingerprint density at radius 1 is 1.53 bits per heavy atom. The van der Waals surface area contributed by atoms with E-state index in [1.807, 2.05) is 18.2 Å². The van der Waals surface area contributed by atoms with E-state index in [-0.39, 0.29) is 0 Å². The van der Waals surface area contributed by atoms with Crippen LogP contribution in [0.5, 0.6) is 0 Å². The molecule has 2 rings (SSSR count). The summed E-state index contributed by atoms with van der Waals surface area (Å²) in [6.45, 7) is 1.15. The van der Waals surface area contributed by atoms with Gasteiger partial charge in [0.2, 0.25) is 0 Å². The van der Waals surface area contributed by atoms with Crippen LogP contribution in [0.3, 0.4) is 0 Å². The average Bonchev–Trinajstić information content (AvgIpc) is 2.69. The second-order valence-electron chi connectivity index (χ2n) is 3.79. The van der Waals surface area contributed by atoms with Gasteiger partial charge in [0.15, 0.2) is 0 Å². The van der Waals surface area contributed by atoms with Gasteiger partial charge in [-0.3, -0.25) is 0 Å². The van der Waals surface area contributed by atoms with Gasteiger partial charge in [-0.2, -0.15) is 0 Å². The number of halogens is 1. The predicted molar refractivity (Wildman–Crippen MR) is 67.6 cm³/mol. The van der Waals surface area contributed by atoms with E-state index in [4.69, 9.17) is 17.3 Å². The summed E-state index contributed by atoms with van der Waals surface area (Å²) in [5.41, 5.74) is 6.37. The first kappa shape index (κ1) is 11.1. The summed E-state index contributed by atoms with van der Waals surface area (Å²) < 4.78 is 0. The lowest BCUT2D eigenvalue weighted by Crippen LogP contribution is -2.23. The highest BCUT2D eigenvalue weighted by molar-refractivity contribution is 7.99. The van der Waals surface area contributed by atoms with E-state index < -0.39 is 0 Å². The van der Waals surface area contributed by atoms with Crippen LogP contribution >= 0.6 is 23.4 Å². The van der Waals surface area contributed by atoms with Gasteiger partial charge in [0.05, 0.1) is 5.02 Å². The fourth-order valence-electron chi connectivity index (χ4n) is 1.72. The average molecular weight is 243 g/mol. The molecule has 1 aromatic rings. The van der Waals surface area contributed by atoms with Crippen molar-refractivity contribution in [2.75, 3.05) is 18.0 Å². The number of nitrogen functional groups attached to an aromatic ring is 1. The molecule has 1 atom stereocenters. The van der Waals surface area contributed by atoms with Crippen molar-refractivity contribution in [3.8, 4) is 0 Å². The third-order valence-electron chi connectivity index (χ3n) is 2.56. The van der Waals surface area contributed by atoms with Crippen molar-refractivity contribution in [1.82, 2.24) is 5.32 Å². The number of nitrogens with two attached hydrogens (primary N) is 1. The maximum Gasteiger partial charge on any atom is 0.0562 e. The summed E-state index contributed by atoms with van der Waals surface area (Å²) in [5.74, 6) is 1.09. The first-order valence-electron chi connectivity index (χ1n) is 5.17. The van der Waals surface area contributed by atoms with Crippen LogP contribution in [0.15, 0.2) is 23.1 Å². The molecule has 0 aliphatic carbocycles. The van der Waals surface area contributed by atoms with Crippen LogP contribution in [0.4, 0.5) is 5.69 Å². The monoisotopic (exact) mass is 242 g/mol. The Kier molecular flexibility index (Phi) is 3.78. The fourth-order valence-corrected chi connectivity index (χ4v) is 3.10. The van der Waals surface area contributed by atoms with Gasteiger partial charge in [-0.25, -0.2) is 0 Å². The van der Waals surface area contributed by atoms with Gasteiger partial charge in [0.1, 0.15) is 0 Å². The van der Waals surface area contributed by atoms with E-state index in [2.05, 4.69) is 5.32 Å². The lowest BCUT2D eigenvalue weighted by atomic mass is 10.3. The fraction of sp³-hybridized carbons (Fsp3) is 0.455. The molecule has 0 saturated carbocycles. The molecule has 1 heterocycles. The summed E-state index contributed by atoms with van der Waals surface area (Å²) in [6, 6.07) is 6.35. The third kappa shape index (κ3) is 3.03. The second-order valence-corrected chi connectivity index (χ2v) is 5.26. The smallest absolute Gasteiger partial charge is 0.0562 e. The Morgan fingerprint density at radius 3 is 3.07 bits per heavy atom. The number of hydrogen-bond acceptors (Lipinski definition) is 3. The largest absolute Gasteiger partial charge is 0.399 e. The molecule has 0 amide bonds. The number of thioether (sulfide) groups is 1. The molecule has 0 radical (unpaired) electrons. The Hall–Kier alpha value is -0.380. The highest BCUT2D eigenvalue weighted by atomic mass is 35.5. The molecule has 1 unspecified atom stereocenters. The molecule has 1 aliphatic heterocycles. The van der Waals surface area contributed by atoms with Crippen LogP contribution in [0.1, 0.15) is 12.8 Å². The maximum absolute atomic E-state index is 6.09. The van der Waals surface area contributed by atoms with Gasteiger partial charge in [-0.15, -0.1) is 11.8 Å². The Bertz CT molecular complexity index is 337. The second kappa shape index (κ2) is 5.10. The summed E-state index contributed by atoms with van der Waals surface area (Å²) in [5, 5.41) is 4.23. The van der Waals surface area contributed by atoms with Crippen molar-refractivity contribution in [2.45, 2.75) is 23.8 Å². The van der Waals surface area contributed by atoms with E-state index in [9.17, 15) is 0 Å². The van der Waals surface area contributed by atoms with Gasteiger partial charge < -0.3 is 11.1 Å². The number of anilines is 1. The van der Waals surface area contributed by atoms with Gasteiger partial charge in [0.25, 0.3) is 0 Å². The molecule has 0 bridgehead atoms. The summed E-state index contributed by atoms with van der Waals surface area (Å²) in [6.07, 6.45) is 2.57. The standard InChI is InChI=1S/C11H15ClN2S/c12-10-6-8(13)3-4-11(10)15-7-9-2-1-5-14-9/h3-4,6,9,14H,1-2,5,7,13H2. The number of benzene rings is 1. The van der Waals surface area contributed by atoms with E-state index in [1.165, 1.54) is 12.8 Å². The highest BCUT2D eigenvalue weighted by Gasteiger charge is 2.14. The molecule has 1 aromatic carbocycles. The Morgan fingerprint density at radius 2 is 2.40 bits per heavy atom. The molecule has 0 spiro atoms. The van der Waals surface area contributed by atoms with E-state index in [0.717, 1.165) is 27.9 Å². The first-order valence-corrected chi connectivity index (χ1v) is 6.53. The van der Waals surface area contributed by atoms with Crippen molar-refractivity contribution in [1.29, 1.82) is 0 Å². The van der Waals surface area contributed by atoms with Crippen molar-refractivity contribution in [3.05, 3.63) is 23.2 Å². The zero-order valence-electron chi connectivity index (χ0n) is 8.50. The summed E-state index contributed by atoms with van der Waals surface area (Å²) in [4.78, 5) is 1.12. The van der Waals surface area contributed by atoms with E-state index >= 15 is 0 Å². The zero-order valence-corrected chi connectivity index (χ0v) is 10.1. The first-order chi connectivity index (χ1) is 7.25. The molecular weight excluding hydrogens is 228 g/mol. The summed E-state index contributed by atoms with van der Waals surface area (Å²) in [7, 11) is 0. The topological polar surface area (TPSA) is 38.0 Å². The van der Waals surface area contributed by atoms with Crippen LogP contribution < -0.4 is 11.1 Å². The summed E-state index contributed by atoms with van der Waals surface area (Å²) >= 11 is 7.90. The molecule has 82 valence electrons. The molecule has 4 heteroatoms. The van der Waals surface area contributed by atoms with Crippen molar-refractivity contribution in [3.63, 3.8) is 0 Å². The van der Waals surface area contributed by atoms with Crippen LogP contribution in [0.25, 0.3) is 0 Å². The van der Waals surface area contributed by atoms with Crippen molar-refractivity contribution in [2.24, 2.45) is 0 Å². The molecule has 1 fully saturated rings. The highest BCUT2D eigenvalue weighted by Crippen LogP contribution is 2.30. The van der Waals surface area contributed by atoms with Crippen LogP contribution in [0.2, 0.25) is 5.02 Å². The number of rotatable bonds is 3. The molecule has 3 N–H and O–H groups in total. The predicted octanol–water partition coefficient (Wildman–Crippen LogP) is 2.77. The number of hydrogen-bond donors (Lipinski definition) is 2. The van der Waals surface area contributed by atoms with Crippen molar-refractivity contribution < 1.29 is 0 Å². The molecule has 0 aromatic heterocycles. The normalized spacial score (nSPS) is 20.7. The van der Waals surface area contributed by atoms with Gasteiger partial charge in [-0.05, 0) is 37.6 Å². The number of nitrogens with one attached hydrogen (secondary N) is 1.